The van der Waals surface area contributed by atoms with E-state index in [9.17, 15) is 14.7 Å². The Morgan fingerprint density at radius 3 is 2.50 bits per heavy atom. The largest absolute Gasteiger partial charge is 0.507 e. The zero-order chi connectivity index (χ0) is 15.0. The molecule has 1 aromatic rings. The molecular formula is C14H20N2O4. The van der Waals surface area contributed by atoms with Crippen molar-refractivity contribution in [2.45, 2.75) is 13.8 Å². The highest BCUT2D eigenvalue weighted by Gasteiger charge is 2.09. The number of amides is 2. The fraction of sp³-hybridized carbons (Fsp3) is 0.429. The summed E-state index contributed by atoms with van der Waals surface area (Å²) < 4.78 is 4.91. The predicted octanol–water partition coefficient (Wildman–Crippen LogP) is 1.50. The zero-order valence-corrected chi connectivity index (χ0v) is 11.7. The molecule has 6 heteroatoms. The molecule has 0 aromatic heterocycles. The third-order valence-corrected chi connectivity index (χ3v) is 2.38. The molecule has 0 atom stereocenters. The van der Waals surface area contributed by atoms with E-state index in [1.807, 2.05) is 13.8 Å². The monoisotopic (exact) mass is 280 g/mol. The van der Waals surface area contributed by atoms with Gasteiger partial charge in [0.25, 0.3) is 5.91 Å². The van der Waals surface area contributed by atoms with Crippen molar-refractivity contribution in [3.63, 3.8) is 0 Å². The third-order valence-electron chi connectivity index (χ3n) is 2.38. The van der Waals surface area contributed by atoms with E-state index >= 15 is 0 Å². The van der Waals surface area contributed by atoms with Crippen LogP contribution in [0, 0.1) is 5.92 Å². The minimum atomic E-state index is -0.504. The van der Waals surface area contributed by atoms with Crippen LogP contribution in [0.4, 0.5) is 4.79 Å². The number of hydrogen-bond acceptors (Lipinski definition) is 4. The van der Waals surface area contributed by atoms with E-state index in [2.05, 4.69) is 10.6 Å². The van der Waals surface area contributed by atoms with Crippen LogP contribution in [-0.2, 0) is 4.74 Å². The summed E-state index contributed by atoms with van der Waals surface area (Å²) in [6.45, 7) is 4.76. The van der Waals surface area contributed by atoms with Gasteiger partial charge in [-0.05, 0) is 18.1 Å². The first kappa shape index (κ1) is 15.8. The highest BCUT2D eigenvalue weighted by atomic mass is 16.5. The van der Waals surface area contributed by atoms with E-state index in [0.717, 1.165) is 0 Å². The number of rotatable bonds is 6. The molecule has 0 aliphatic rings. The lowest BCUT2D eigenvalue weighted by atomic mass is 10.2. The molecule has 1 rings (SSSR count). The topological polar surface area (TPSA) is 87.7 Å². The van der Waals surface area contributed by atoms with Crippen LogP contribution in [-0.4, -0.2) is 36.8 Å². The molecule has 0 unspecified atom stereocenters. The Labute approximate surface area is 118 Å². The van der Waals surface area contributed by atoms with Crippen molar-refractivity contribution in [2.75, 3.05) is 19.7 Å². The SMILES string of the molecule is CC(C)COC(=O)NCCNC(=O)c1ccccc1O. The van der Waals surface area contributed by atoms with Gasteiger partial charge in [0.05, 0.1) is 12.2 Å². The molecule has 0 aliphatic heterocycles. The minimum absolute atomic E-state index is 0.0747. The van der Waals surface area contributed by atoms with E-state index in [4.69, 9.17) is 4.74 Å². The van der Waals surface area contributed by atoms with Crippen molar-refractivity contribution in [1.29, 1.82) is 0 Å². The quantitative estimate of drug-likeness (QED) is 0.689. The second-order valence-corrected chi connectivity index (χ2v) is 4.69. The molecule has 0 bridgehead atoms. The molecule has 0 saturated carbocycles. The Kier molecular flexibility index (Phi) is 6.36. The Balaban J connectivity index is 2.23. The predicted molar refractivity (Wildman–Crippen MR) is 74.6 cm³/mol. The van der Waals surface area contributed by atoms with E-state index in [-0.39, 0.29) is 36.2 Å². The maximum absolute atomic E-state index is 11.7. The summed E-state index contributed by atoms with van der Waals surface area (Å²) in [7, 11) is 0. The average molecular weight is 280 g/mol. The highest BCUT2D eigenvalue weighted by Crippen LogP contribution is 2.14. The molecule has 0 aliphatic carbocycles. The fourth-order valence-electron chi connectivity index (χ4n) is 1.39. The van der Waals surface area contributed by atoms with Crippen molar-refractivity contribution in [3.8, 4) is 5.75 Å². The summed E-state index contributed by atoms with van der Waals surface area (Å²) in [4.78, 5) is 22.9. The van der Waals surface area contributed by atoms with Crippen LogP contribution in [0.15, 0.2) is 24.3 Å². The summed E-state index contributed by atoms with van der Waals surface area (Å²) in [5.41, 5.74) is 0.204. The van der Waals surface area contributed by atoms with Crippen molar-refractivity contribution in [1.82, 2.24) is 10.6 Å². The van der Waals surface area contributed by atoms with Crippen LogP contribution >= 0.6 is 0 Å². The Morgan fingerprint density at radius 2 is 1.85 bits per heavy atom. The number of phenols is 1. The van der Waals surface area contributed by atoms with Gasteiger partial charge in [-0.3, -0.25) is 4.79 Å². The van der Waals surface area contributed by atoms with Crippen LogP contribution in [0.25, 0.3) is 0 Å². The molecule has 0 fully saturated rings. The van der Waals surface area contributed by atoms with Gasteiger partial charge in [-0.1, -0.05) is 26.0 Å². The standard InChI is InChI=1S/C14H20N2O4/c1-10(2)9-20-14(19)16-8-7-15-13(18)11-5-3-4-6-12(11)17/h3-6,10,17H,7-9H2,1-2H3,(H,15,18)(H,16,19). The molecule has 20 heavy (non-hydrogen) atoms. The molecule has 2 amide bonds. The molecule has 0 spiro atoms. The van der Waals surface area contributed by atoms with Gasteiger partial charge in [0.1, 0.15) is 5.75 Å². The summed E-state index contributed by atoms with van der Waals surface area (Å²) >= 11 is 0. The van der Waals surface area contributed by atoms with Gasteiger partial charge in [0.2, 0.25) is 0 Å². The first-order valence-electron chi connectivity index (χ1n) is 6.47. The van der Waals surface area contributed by atoms with Crippen molar-refractivity contribution in [2.24, 2.45) is 5.92 Å². The summed E-state index contributed by atoms with van der Waals surface area (Å²) in [5.74, 6) is -0.184. The second kappa shape index (κ2) is 8.04. The van der Waals surface area contributed by atoms with Gasteiger partial charge in [0.15, 0.2) is 0 Å². The maximum atomic E-state index is 11.7. The van der Waals surface area contributed by atoms with Crippen molar-refractivity contribution >= 4 is 12.0 Å². The van der Waals surface area contributed by atoms with E-state index in [1.54, 1.807) is 12.1 Å². The summed E-state index contributed by atoms with van der Waals surface area (Å²) in [5, 5.41) is 14.6. The number of phenolic OH excluding ortho intramolecular Hbond substituents is 1. The number of ether oxygens (including phenoxy) is 1. The first-order valence-corrected chi connectivity index (χ1v) is 6.47. The smallest absolute Gasteiger partial charge is 0.407 e. The van der Waals surface area contributed by atoms with Crippen LogP contribution < -0.4 is 10.6 Å². The molecule has 0 radical (unpaired) electrons. The summed E-state index contributed by atoms with van der Waals surface area (Å²) in [6, 6.07) is 6.26. The van der Waals surface area contributed by atoms with E-state index in [1.165, 1.54) is 12.1 Å². The summed E-state index contributed by atoms with van der Waals surface area (Å²) in [6.07, 6.45) is -0.504. The molecule has 6 nitrogen and oxygen atoms in total. The number of benzene rings is 1. The van der Waals surface area contributed by atoms with E-state index < -0.39 is 6.09 Å². The Morgan fingerprint density at radius 1 is 1.20 bits per heavy atom. The minimum Gasteiger partial charge on any atom is -0.507 e. The Hall–Kier alpha value is -2.24. The molecule has 110 valence electrons. The number of alkyl carbamates (subject to hydrolysis) is 1. The number of carbonyl (C=O) groups is 2. The van der Waals surface area contributed by atoms with Gasteiger partial charge >= 0.3 is 6.09 Å². The van der Waals surface area contributed by atoms with Crippen LogP contribution in [0.2, 0.25) is 0 Å². The lowest BCUT2D eigenvalue weighted by molar-refractivity contribution is 0.0949. The first-order chi connectivity index (χ1) is 9.50. The lowest BCUT2D eigenvalue weighted by Gasteiger charge is -2.09. The van der Waals surface area contributed by atoms with Crippen LogP contribution in [0.3, 0.4) is 0 Å². The fourth-order valence-corrected chi connectivity index (χ4v) is 1.39. The van der Waals surface area contributed by atoms with Gasteiger partial charge in [-0.2, -0.15) is 0 Å². The maximum Gasteiger partial charge on any atom is 0.407 e. The number of hydrogen-bond donors (Lipinski definition) is 3. The Bertz CT molecular complexity index is 460. The van der Waals surface area contributed by atoms with Crippen LogP contribution in [0.5, 0.6) is 5.75 Å². The zero-order valence-electron chi connectivity index (χ0n) is 11.7. The van der Waals surface area contributed by atoms with Gasteiger partial charge < -0.3 is 20.5 Å². The lowest BCUT2D eigenvalue weighted by Crippen LogP contribution is -2.35. The molecular weight excluding hydrogens is 260 g/mol. The highest BCUT2D eigenvalue weighted by molar-refractivity contribution is 5.96. The van der Waals surface area contributed by atoms with Gasteiger partial charge in [0, 0.05) is 13.1 Å². The van der Waals surface area contributed by atoms with Crippen molar-refractivity contribution in [3.05, 3.63) is 29.8 Å². The number of aromatic hydroxyl groups is 1. The number of nitrogens with one attached hydrogen (secondary N) is 2. The molecule has 3 N–H and O–H groups in total. The number of carbonyl (C=O) groups excluding carboxylic acids is 2. The van der Waals surface area contributed by atoms with Gasteiger partial charge in [-0.15, -0.1) is 0 Å². The molecule has 0 saturated heterocycles. The second-order valence-electron chi connectivity index (χ2n) is 4.69. The van der Waals surface area contributed by atoms with Gasteiger partial charge in [-0.25, -0.2) is 4.79 Å². The van der Waals surface area contributed by atoms with Crippen molar-refractivity contribution < 1.29 is 19.4 Å². The average Bonchev–Trinajstić information content (AvgIpc) is 2.41. The normalized spacial score (nSPS) is 10.2. The number of para-hydroxylation sites is 1. The third kappa shape index (κ3) is 5.60. The van der Waals surface area contributed by atoms with E-state index in [0.29, 0.717) is 6.61 Å². The molecule has 1 aromatic carbocycles. The molecule has 0 heterocycles. The van der Waals surface area contributed by atoms with Crippen LogP contribution in [0.1, 0.15) is 24.2 Å².